The molecule has 5 nitrogen and oxygen atoms in total. The molecule has 0 heterocycles. The summed E-state index contributed by atoms with van der Waals surface area (Å²) in [4.78, 5) is 24.0. The van der Waals surface area contributed by atoms with Crippen LogP contribution in [0.5, 0.6) is 0 Å². The minimum absolute atomic E-state index is 0.170. The smallest absolute Gasteiger partial charge is 0.251 e. The van der Waals surface area contributed by atoms with E-state index in [4.69, 9.17) is 5.11 Å². The maximum absolute atomic E-state index is 12.0. The number of aliphatic hydroxyl groups is 1. The van der Waals surface area contributed by atoms with Crippen molar-refractivity contribution in [2.45, 2.75) is 32.4 Å². The third-order valence-electron chi connectivity index (χ3n) is 3.04. The Hall–Kier alpha value is -2.14. The summed E-state index contributed by atoms with van der Waals surface area (Å²) in [7, 11) is 0. The predicted octanol–water partition coefficient (Wildman–Crippen LogP) is 1.17. The standard InChI is InChI=1S/C16H22N2O3/c1-4-6-14(10-19)18-15(20)12(3)17-16(21)13-8-5-7-11(2)9-13/h4-5,7-9,12,14,19H,1,6,10H2,2-3H3,(H,17,21)(H,18,20)/t12-,14-/m0/s1. The molecule has 0 spiro atoms. The summed E-state index contributed by atoms with van der Waals surface area (Å²) in [5.74, 6) is -0.637. The van der Waals surface area contributed by atoms with Gasteiger partial charge in [0.1, 0.15) is 6.04 Å². The van der Waals surface area contributed by atoms with Crippen LogP contribution < -0.4 is 10.6 Å². The summed E-state index contributed by atoms with van der Waals surface area (Å²) < 4.78 is 0. The van der Waals surface area contributed by atoms with Crippen LogP contribution in [0.2, 0.25) is 0 Å². The molecule has 5 heteroatoms. The molecule has 2 amide bonds. The molecule has 3 N–H and O–H groups in total. The first-order valence-electron chi connectivity index (χ1n) is 6.87. The molecule has 0 aliphatic carbocycles. The lowest BCUT2D eigenvalue weighted by Crippen LogP contribution is -2.48. The van der Waals surface area contributed by atoms with Gasteiger partial charge in [0.15, 0.2) is 0 Å². The van der Waals surface area contributed by atoms with Crippen LogP contribution in [0.1, 0.15) is 29.3 Å². The first kappa shape index (κ1) is 16.9. The number of hydrogen-bond acceptors (Lipinski definition) is 3. The zero-order chi connectivity index (χ0) is 15.8. The topological polar surface area (TPSA) is 78.4 Å². The van der Waals surface area contributed by atoms with Crippen LogP contribution in [0.3, 0.4) is 0 Å². The van der Waals surface area contributed by atoms with Gasteiger partial charge in [-0.05, 0) is 32.4 Å². The second-order valence-corrected chi connectivity index (χ2v) is 4.98. The van der Waals surface area contributed by atoms with E-state index in [1.165, 1.54) is 0 Å². The van der Waals surface area contributed by atoms with Crippen molar-refractivity contribution in [1.29, 1.82) is 0 Å². The number of carbonyl (C=O) groups excluding carboxylic acids is 2. The van der Waals surface area contributed by atoms with Crippen LogP contribution in [0.15, 0.2) is 36.9 Å². The normalized spacial score (nSPS) is 13.1. The van der Waals surface area contributed by atoms with Crippen LogP contribution >= 0.6 is 0 Å². The van der Waals surface area contributed by atoms with Crippen molar-refractivity contribution in [3.05, 3.63) is 48.0 Å². The van der Waals surface area contributed by atoms with Crippen molar-refractivity contribution in [3.8, 4) is 0 Å². The average Bonchev–Trinajstić information content (AvgIpc) is 2.46. The van der Waals surface area contributed by atoms with Crippen LogP contribution in [0.4, 0.5) is 0 Å². The molecule has 0 unspecified atom stereocenters. The highest BCUT2D eigenvalue weighted by molar-refractivity contribution is 5.97. The van der Waals surface area contributed by atoms with Crippen LogP contribution in [0, 0.1) is 6.92 Å². The Bertz CT molecular complexity index is 514. The van der Waals surface area contributed by atoms with Gasteiger partial charge >= 0.3 is 0 Å². The molecule has 1 aromatic rings. The second kappa shape index (κ2) is 8.21. The highest BCUT2D eigenvalue weighted by Gasteiger charge is 2.19. The van der Waals surface area contributed by atoms with Crippen LogP contribution in [-0.2, 0) is 4.79 Å². The number of hydrogen-bond donors (Lipinski definition) is 3. The van der Waals surface area contributed by atoms with Gasteiger partial charge in [-0.3, -0.25) is 9.59 Å². The van der Waals surface area contributed by atoms with E-state index < -0.39 is 6.04 Å². The lowest BCUT2D eigenvalue weighted by molar-refractivity contribution is -0.123. The number of nitrogens with one attached hydrogen (secondary N) is 2. The van der Waals surface area contributed by atoms with Gasteiger partial charge < -0.3 is 15.7 Å². The molecule has 0 fully saturated rings. The minimum atomic E-state index is -0.683. The molecule has 0 aliphatic heterocycles. The summed E-state index contributed by atoms with van der Waals surface area (Å²) in [5.41, 5.74) is 1.49. The quantitative estimate of drug-likeness (QED) is 0.660. The molecule has 114 valence electrons. The van der Waals surface area contributed by atoms with E-state index >= 15 is 0 Å². The van der Waals surface area contributed by atoms with Gasteiger partial charge in [-0.2, -0.15) is 0 Å². The van der Waals surface area contributed by atoms with E-state index in [9.17, 15) is 9.59 Å². The predicted molar refractivity (Wildman–Crippen MR) is 81.9 cm³/mol. The maximum atomic E-state index is 12.0. The number of aliphatic hydroxyl groups excluding tert-OH is 1. The largest absolute Gasteiger partial charge is 0.394 e. The number of rotatable bonds is 7. The zero-order valence-corrected chi connectivity index (χ0v) is 12.4. The van der Waals surface area contributed by atoms with Crippen molar-refractivity contribution in [2.24, 2.45) is 0 Å². The maximum Gasteiger partial charge on any atom is 0.251 e. The molecular formula is C16H22N2O3. The third-order valence-corrected chi connectivity index (χ3v) is 3.04. The Balaban J connectivity index is 2.59. The Morgan fingerprint density at radius 1 is 1.38 bits per heavy atom. The van der Waals surface area contributed by atoms with Gasteiger partial charge in [0, 0.05) is 5.56 Å². The summed E-state index contributed by atoms with van der Waals surface area (Å²) in [6.45, 7) is 6.89. The van der Waals surface area contributed by atoms with Gasteiger partial charge in [0.2, 0.25) is 5.91 Å². The highest BCUT2D eigenvalue weighted by atomic mass is 16.3. The van der Waals surface area contributed by atoms with Crippen molar-refractivity contribution >= 4 is 11.8 Å². The molecular weight excluding hydrogens is 268 g/mol. The fourth-order valence-electron chi connectivity index (χ4n) is 1.84. The second-order valence-electron chi connectivity index (χ2n) is 4.98. The number of carbonyl (C=O) groups is 2. The lowest BCUT2D eigenvalue weighted by Gasteiger charge is -2.19. The first-order valence-corrected chi connectivity index (χ1v) is 6.87. The summed E-state index contributed by atoms with van der Waals surface area (Å²) in [5, 5.41) is 14.4. The van der Waals surface area contributed by atoms with Gasteiger partial charge in [-0.15, -0.1) is 6.58 Å². The fourth-order valence-corrected chi connectivity index (χ4v) is 1.84. The molecule has 0 radical (unpaired) electrons. The van der Waals surface area contributed by atoms with Crippen molar-refractivity contribution in [2.75, 3.05) is 6.61 Å². The van der Waals surface area contributed by atoms with Gasteiger partial charge in [0.05, 0.1) is 12.6 Å². The lowest BCUT2D eigenvalue weighted by atomic mass is 10.1. The summed E-state index contributed by atoms with van der Waals surface area (Å²) in [6, 6.07) is 6.08. The molecule has 0 saturated carbocycles. The molecule has 1 aromatic carbocycles. The van der Waals surface area contributed by atoms with Crippen LogP contribution in [0.25, 0.3) is 0 Å². The molecule has 0 bridgehead atoms. The van der Waals surface area contributed by atoms with Gasteiger partial charge in [0.25, 0.3) is 5.91 Å². The van der Waals surface area contributed by atoms with Gasteiger partial charge in [-0.25, -0.2) is 0 Å². The molecule has 0 aliphatic rings. The van der Waals surface area contributed by atoms with E-state index in [0.29, 0.717) is 12.0 Å². The van der Waals surface area contributed by atoms with Gasteiger partial charge in [-0.1, -0.05) is 23.8 Å². The Kier molecular flexibility index (Phi) is 6.62. The number of amides is 2. The van der Waals surface area contributed by atoms with E-state index in [1.54, 1.807) is 31.2 Å². The summed E-state index contributed by atoms with van der Waals surface area (Å²) >= 11 is 0. The average molecular weight is 290 g/mol. The molecule has 0 saturated heterocycles. The highest BCUT2D eigenvalue weighted by Crippen LogP contribution is 2.04. The molecule has 2 atom stereocenters. The SMILES string of the molecule is C=CC[C@@H](CO)NC(=O)[C@H](C)NC(=O)c1cccc(C)c1. The first-order chi connectivity index (χ1) is 9.97. The van der Waals surface area contributed by atoms with Crippen molar-refractivity contribution in [1.82, 2.24) is 10.6 Å². The summed E-state index contributed by atoms with van der Waals surface area (Å²) in [6.07, 6.45) is 2.10. The molecule has 21 heavy (non-hydrogen) atoms. The fraction of sp³-hybridized carbons (Fsp3) is 0.375. The van der Waals surface area contributed by atoms with Crippen molar-refractivity contribution < 1.29 is 14.7 Å². The van der Waals surface area contributed by atoms with E-state index in [1.807, 2.05) is 13.0 Å². The van der Waals surface area contributed by atoms with Crippen molar-refractivity contribution in [3.63, 3.8) is 0 Å². The zero-order valence-electron chi connectivity index (χ0n) is 12.4. The van der Waals surface area contributed by atoms with E-state index in [0.717, 1.165) is 5.56 Å². The molecule has 1 rings (SSSR count). The van der Waals surface area contributed by atoms with Crippen LogP contribution in [-0.4, -0.2) is 35.6 Å². The Morgan fingerprint density at radius 2 is 2.10 bits per heavy atom. The minimum Gasteiger partial charge on any atom is -0.394 e. The number of benzene rings is 1. The Labute approximate surface area is 125 Å². The monoisotopic (exact) mass is 290 g/mol. The third kappa shape index (κ3) is 5.39. The Morgan fingerprint density at radius 3 is 2.67 bits per heavy atom. The van der Waals surface area contributed by atoms with E-state index in [-0.39, 0.29) is 24.5 Å². The number of aryl methyl sites for hydroxylation is 1. The van der Waals surface area contributed by atoms with E-state index in [2.05, 4.69) is 17.2 Å². The molecule has 0 aromatic heterocycles.